The molecule has 128 valence electrons. The van der Waals surface area contributed by atoms with Gasteiger partial charge in [-0.3, -0.25) is 0 Å². The normalized spacial score (nSPS) is 10.6. The van der Waals surface area contributed by atoms with Crippen LogP contribution >= 0.6 is 23.2 Å². The van der Waals surface area contributed by atoms with Crippen LogP contribution in [0.2, 0.25) is 10.0 Å². The van der Waals surface area contributed by atoms with Crippen molar-refractivity contribution in [3.63, 3.8) is 0 Å². The number of nitrogens with one attached hydrogen (secondary N) is 2. The highest BCUT2D eigenvalue weighted by Crippen LogP contribution is 2.27. The zero-order valence-electron chi connectivity index (χ0n) is 12.3. The SMILES string of the molecule is Fc1ccc(Nc2nccc(Nc3ccc(Cl)c(Cl)c3)n2)c(F)c1F. The molecule has 9 heteroatoms. The Hall–Kier alpha value is -2.51. The molecule has 2 N–H and O–H groups in total. The van der Waals surface area contributed by atoms with Crippen LogP contribution < -0.4 is 10.6 Å². The van der Waals surface area contributed by atoms with Gasteiger partial charge in [0.15, 0.2) is 17.5 Å². The maximum absolute atomic E-state index is 13.7. The zero-order chi connectivity index (χ0) is 18.0. The molecule has 0 fully saturated rings. The van der Waals surface area contributed by atoms with Gasteiger partial charge in [-0.05, 0) is 36.4 Å². The number of benzene rings is 2. The molecule has 0 amide bonds. The summed E-state index contributed by atoms with van der Waals surface area (Å²) in [6.07, 6.45) is 1.41. The molecule has 0 spiro atoms. The van der Waals surface area contributed by atoms with Crippen LogP contribution in [0.15, 0.2) is 42.6 Å². The topological polar surface area (TPSA) is 49.8 Å². The van der Waals surface area contributed by atoms with E-state index in [9.17, 15) is 13.2 Å². The maximum atomic E-state index is 13.7. The molecule has 25 heavy (non-hydrogen) atoms. The lowest BCUT2D eigenvalue weighted by Gasteiger charge is -2.10. The minimum absolute atomic E-state index is 0.00466. The van der Waals surface area contributed by atoms with Gasteiger partial charge in [-0.25, -0.2) is 18.2 Å². The lowest BCUT2D eigenvalue weighted by atomic mass is 10.3. The zero-order valence-corrected chi connectivity index (χ0v) is 13.8. The van der Waals surface area contributed by atoms with Crippen molar-refractivity contribution in [3.05, 3.63) is 70.1 Å². The van der Waals surface area contributed by atoms with Crippen LogP contribution in [0.5, 0.6) is 0 Å². The molecule has 4 nitrogen and oxygen atoms in total. The molecule has 1 aromatic heterocycles. The number of halogens is 5. The van der Waals surface area contributed by atoms with E-state index >= 15 is 0 Å². The van der Waals surface area contributed by atoms with E-state index in [0.717, 1.165) is 12.1 Å². The summed E-state index contributed by atoms with van der Waals surface area (Å²) in [5.74, 6) is -3.84. The Morgan fingerprint density at radius 2 is 1.64 bits per heavy atom. The summed E-state index contributed by atoms with van der Waals surface area (Å²) in [6, 6.07) is 8.33. The number of hydrogen-bond acceptors (Lipinski definition) is 4. The van der Waals surface area contributed by atoms with Crippen LogP contribution in [0, 0.1) is 17.5 Å². The van der Waals surface area contributed by atoms with E-state index < -0.39 is 17.5 Å². The highest BCUT2D eigenvalue weighted by atomic mass is 35.5. The molecule has 0 bridgehead atoms. The van der Waals surface area contributed by atoms with Crippen molar-refractivity contribution in [1.29, 1.82) is 0 Å². The second-order valence-corrected chi connectivity index (χ2v) is 5.68. The van der Waals surface area contributed by atoms with Crippen molar-refractivity contribution < 1.29 is 13.2 Å². The average molecular weight is 385 g/mol. The Bertz CT molecular complexity index is 937. The third-order valence-corrected chi connectivity index (χ3v) is 3.87. The fourth-order valence-electron chi connectivity index (χ4n) is 1.95. The Labute approximate surface area is 150 Å². The van der Waals surface area contributed by atoms with E-state index in [2.05, 4.69) is 20.6 Å². The van der Waals surface area contributed by atoms with Crippen molar-refractivity contribution in [2.45, 2.75) is 0 Å². The van der Waals surface area contributed by atoms with E-state index in [1.54, 1.807) is 24.3 Å². The summed E-state index contributed by atoms with van der Waals surface area (Å²) >= 11 is 11.8. The summed E-state index contributed by atoms with van der Waals surface area (Å²) in [4.78, 5) is 8.03. The Kier molecular flexibility index (Phi) is 4.96. The highest BCUT2D eigenvalue weighted by molar-refractivity contribution is 6.42. The van der Waals surface area contributed by atoms with Gasteiger partial charge in [0.1, 0.15) is 5.82 Å². The van der Waals surface area contributed by atoms with E-state index in [4.69, 9.17) is 23.2 Å². The summed E-state index contributed by atoms with van der Waals surface area (Å²) in [6.45, 7) is 0. The minimum Gasteiger partial charge on any atom is -0.340 e. The summed E-state index contributed by atoms with van der Waals surface area (Å²) in [5.41, 5.74) is 0.337. The third kappa shape index (κ3) is 3.94. The maximum Gasteiger partial charge on any atom is 0.229 e. The predicted octanol–water partition coefficient (Wildman–Crippen LogP) is 5.69. The molecule has 0 aliphatic heterocycles. The standard InChI is InChI=1S/C16H9Cl2F3N4/c17-9-2-1-8(7-10(9)18)23-13-5-6-22-16(25-13)24-12-4-3-11(19)14(20)15(12)21/h1-7H,(H2,22,23,24,25). The van der Waals surface area contributed by atoms with Crippen LogP contribution in [0.1, 0.15) is 0 Å². The summed E-state index contributed by atoms with van der Waals surface area (Å²) in [7, 11) is 0. The van der Waals surface area contributed by atoms with Crippen LogP contribution in [0.4, 0.5) is 36.3 Å². The molecule has 2 aromatic carbocycles. The fourth-order valence-corrected chi connectivity index (χ4v) is 2.25. The van der Waals surface area contributed by atoms with Crippen molar-refractivity contribution >= 4 is 46.3 Å². The molecule has 0 saturated carbocycles. The Morgan fingerprint density at radius 1 is 0.840 bits per heavy atom. The molecule has 1 heterocycles. The molecular formula is C16H9Cl2F3N4. The minimum atomic E-state index is -1.57. The van der Waals surface area contributed by atoms with E-state index in [-0.39, 0.29) is 11.6 Å². The molecule has 0 atom stereocenters. The molecule has 3 rings (SSSR count). The first-order chi connectivity index (χ1) is 11.9. The number of aromatic nitrogens is 2. The first-order valence-corrected chi connectivity index (χ1v) is 7.65. The van der Waals surface area contributed by atoms with Gasteiger partial charge in [-0.2, -0.15) is 4.98 Å². The van der Waals surface area contributed by atoms with Gasteiger partial charge in [0.25, 0.3) is 0 Å². The Morgan fingerprint density at radius 3 is 2.40 bits per heavy atom. The Balaban J connectivity index is 1.82. The van der Waals surface area contributed by atoms with Gasteiger partial charge in [0, 0.05) is 11.9 Å². The lowest BCUT2D eigenvalue weighted by molar-refractivity contribution is 0.449. The second-order valence-electron chi connectivity index (χ2n) is 4.87. The first kappa shape index (κ1) is 17.3. The van der Waals surface area contributed by atoms with Crippen LogP contribution in [0.3, 0.4) is 0 Å². The van der Waals surface area contributed by atoms with Crippen LogP contribution in [0.25, 0.3) is 0 Å². The van der Waals surface area contributed by atoms with E-state index in [1.807, 2.05) is 0 Å². The van der Waals surface area contributed by atoms with Crippen molar-refractivity contribution in [3.8, 4) is 0 Å². The number of rotatable bonds is 4. The number of anilines is 4. The van der Waals surface area contributed by atoms with Gasteiger partial charge < -0.3 is 10.6 Å². The molecule has 0 unspecified atom stereocenters. The molecule has 0 aliphatic rings. The van der Waals surface area contributed by atoms with Gasteiger partial charge in [0.05, 0.1) is 15.7 Å². The van der Waals surface area contributed by atoms with Crippen LogP contribution in [-0.2, 0) is 0 Å². The van der Waals surface area contributed by atoms with Crippen molar-refractivity contribution in [1.82, 2.24) is 9.97 Å². The molecular weight excluding hydrogens is 376 g/mol. The van der Waals surface area contributed by atoms with Gasteiger partial charge in [-0.1, -0.05) is 23.2 Å². The lowest BCUT2D eigenvalue weighted by Crippen LogP contribution is -2.03. The summed E-state index contributed by atoms with van der Waals surface area (Å²) in [5, 5.41) is 6.24. The highest BCUT2D eigenvalue weighted by Gasteiger charge is 2.14. The largest absolute Gasteiger partial charge is 0.340 e. The summed E-state index contributed by atoms with van der Waals surface area (Å²) < 4.78 is 39.9. The van der Waals surface area contributed by atoms with Crippen molar-refractivity contribution in [2.75, 3.05) is 10.6 Å². The molecule has 0 saturated heterocycles. The van der Waals surface area contributed by atoms with E-state index in [1.165, 1.54) is 6.20 Å². The average Bonchev–Trinajstić information content (AvgIpc) is 2.59. The third-order valence-electron chi connectivity index (χ3n) is 3.13. The fraction of sp³-hybridized carbons (Fsp3) is 0. The van der Waals surface area contributed by atoms with Crippen LogP contribution in [-0.4, -0.2) is 9.97 Å². The smallest absolute Gasteiger partial charge is 0.229 e. The quantitative estimate of drug-likeness (QED) is 0.567. The monoisotopic (exact) mass is 384 g/mol. The molecule has 3 aromatic rings. The second kappa shape index (κ2) is 7.16. The van der Waals surface area contributed by atoms with Crippen molar-refractivity contribution in [2.24, 2.45) is 0 Å². The molecule has 0 aliphatic carbocycles. The van der Waals surface area contributed by atoms with Gasteiger partial charge in [0.2, 0.25) is 5.95 Å². The van der Waals surface area contributed by atoms with Gasteiger partial charge >= 0.3 is 0 Å². The molecule has 0 radical (unpaired) electrons. The first-order valence-electron chi connectivity index (χ1n) is 6.89. The number of hydrogen-bond donors (Lipinski definition) is 2. The van der Waals surface area contributed by atoms with Gasteiger partial charge in [-0.15, -0.1) is 0 Å². The van der Waals surface area contributed by atoms with E-state index in [0.29, 0.717) is 21.6 Å². The predicted molar refractivity (Wildman–Crippen MR) is 91.4 cm³/mol. The number of nitrogens with zero attached hydrogens (tertiary/aromatic N) is 2.